The molecule has 0 bridgehead atoms. The number of fused-ring (bicyclic) bond motifs is 6. The fourth-order valence-electron chi connectivity index (χ4n) is 7.67. The smallest absolute Gasteiger partial charge is 0.415 e. The third kappa shape index (κ3) is 8.64. The number of carbonyl (C=O) groups excluding carboxylic acids is 2. The van der Waals surface area contributed by atoms with E-state index >= 15 is 0 Å². The average molecular weight is 824 g/mol. The quantitative estimate of drug-likeness (QED) is 0.148. The van der Waals surface area contributed by atoms with Crippen LogP contribution in [0.15, 0.2) is 110 Å². The first-order valence-corrected chi connectivity index (χ1v) is 19.5. The van der Waals surface area contributed by atoms with Crippen LogP contribution in [0.2, 0.25) is 0 Å². The van der Waals surface area contributed by atoms with Crippen molar-refractivity contribution in [3.8, 4) is 11.5 Å². The lowest BCUT2D eigenvalue weighted by Crippen LogP contribution is -2.44. The number of imidazole rings is 2. The van der Waals surface area contributed by atoms with Crippen molar-refractivity contribution >= 4 is 68.9 Å². The van der Waals surface area contributed by atoms with Gasteiger partial charge in [0, 0.05) is 55.5 Å². The van der Waals surface area contributed by atoms with Crippen LogP contribution in [0.5, 0.6) is 11.5 Å². The summed E-state index contributed by atoms with van der Waals surface area (Å²) < 4.78 is 14.5. The number of halogens is 2. The molecule has 14 nitrogen and oxygen atoms in total. The Hall–Kier alpha value is -5.96. The number of nitrogens with one attached hydrogen (secondary N) is 3. The number of amides is 1. The summed E-state index contributed by atoms with van der Waals surface area (Å²) in [6, 6.07) is 21.9. The lowest BCUT2D eigenvalue weighted by Gasteiger charge is -2.35. The van der Waals surface area contributed by atoms with Gasteiger partial charge in [-0.2, -0.15) is 0 Å². The Bertz CT molecular complexity index is 2610. The maximum absolute atomic E-state index is 12.7. The zero-order valence-electron chi connectivity index (χ0n) is 32.0. The number of para-hydroxylation sites is 2. The van der Waals surface area contributed by atoms with Crippen LogP contribution in [0.3, 0.4) is 0 Å². The van der Waals surface area contributed by atoms with Gasteiger partial charge in [-0.05, 0) is 67.6 Å². The largest absolute Gasteiger partial charge is 0.415 e. The molecule has 2 aliphatic heterocycles. The van der Waals surface area contributed by atoms with Crippen LogP contribution in [-0.4, -0.2) is 81.3 Å². The number of aromatic amines is 2. The van der Waals surface area contributed by atoms with E-state index in [1.165, 1.54) is 6.42 Å². The molecule has 16 heteroatoms. The highest BCUT2D eigenvalue weighted by atomic mass is 35.5. The van der Waals surface area contributed by atoms with Crippen molar-refractivity contribution in [2.24, 2.45) is 11.8 Å². The van der Waals surface area contributed by atoms with Gasteiger partial charge in [0.25, 0.3) is 0 Å². The molecule has 2 aromatic carbocycles. The number of nitrogens with zero attached hydrogens (tertiary/aromatic N) is 7. The van der Waals surface area contributed by atoms with E-state index in [0.29, 0.717) is 42.3 Å². The molecule has 0 aliphatic carbocycles. The number of hydrogen-bond acceptors (Lipinski definition) is 9. The van der Waals surface area contributed by atoms with E-state index in [0.717, 1.165) is 64.5 Å². The van der Waals surface area contributed by atoms with Crippen LogP contribution in [0, 0.1) is 11.8 Å². The predicted molar refractivity (Wildman–Crippen MR) is 225 cm³/mol. The summed E-state index contributed by atoms with van der Waals surface area (Å²) in [7, 11) is 0. The van der Waals surface area contributed by atoms with Gasteiger partial charge in [0.15, 0.2) is 11.3 Å². The standard InChI is InChI=1S/C21H21N5O2.C14H17N5.C7H5ClO2.ClH/c1-14-8-10-25(21(27)28-16-5-3-2-4-6-16)13-17(14)20-24-12-15-11-23-19-18(26(15)20)7-9-22-19;1-9-2-4-15-8-11(9)14-18-7-10-6-17-13-12(19(10)14)3-5-16-13;8-7(9)10-6-4-2-1-3-5-6;/h2-7,9,11-12,14,17,22H,8,10,13H2,1H3;3,5-7,9,11,15-16H,2,4,8H2,1H3;1-5H;1H/t14-,17+;9-,11+;;/m11../s1. The first kappa shape index (κ1) is 40.2. The van der Waals surface area contributed by atoms with Crippen LogP contribution in [0.4, 0.5) is 9.59 Å². The van der Waals surface area contributed by atoms with E-state index in [-0.39, 0.29) is 24.4 Å². The number of H-pyrrole nitrogens is 2. The highest BCUT2D eigenvalue weighted by molar-refractivity contribution is 6.61. The van der Waals surface area contributed by atoms with Gasteiger partial charge in [-0.15, -0.1) is 12.4 Å². The molecule has 0 saturated carbocycles. The second kappa shape index (κ2) is 18.1. The molecule has 58 heavy (non-hydrogen) atoms. The van der Waals surface area contributed by atoms with Gasteiger partial charge in [-0.1, -0.05) is 50.2 Å². The summed E-state index contributed by atoms with van der Waals surface area (Å²) in [6.45, 7) is 7.94. The van der Waals surface area contributed by atoms with Crippen molar-refractivity contribution in [2.45, 2.75) is 38.5 Å². The summed E-state index contributed by atoms with van der Waals surface area (Å²) in [5, 5.41) is 3.48. The summed E-state index contributed by atoms with van der Waals surface area (Å²) in [5.74, 6) is 4.81. The van der Waals surface area contributed by atoms with Gasteiger partial charge in [0.05, 0.1) is 46.9 Å². The monoisotopic (exact) mass is 822 g/mol. The van der Waals surface area contributed by atoms with E-state index in [4.69, 9.17) is 21.3 Å². The molecule has 8 aromatic rings. The van der Waals surface area contributed by atoms with Crippen LogP contribution < -0.4 is 14.8 Å². The predicted octanol–water partition coefficient (Wildman–Crippen LogP) is 8.60. The Kier molecular flexibility index (Phi) is 12.6. The maximum Gasteiger partial charge on any atom is 0.415 e. The molecule has 1 amide bonds. The third-order valence-corrected chi connectivity index (χ3v) is 10.8. The highest BCUT2D eigenvalue weighted by Crippen LogP contribution is 2.34. The number of rotatable bonds is 4. The zero-order chi connectivity index (χ0) is 39.3. The number of ether oxygens (including phenoxy) is 2. The number of aromatic nitrogens is 8. The van der Waals surface area contributed by atoms with E-state index in [1.807, 2.05) is 67.5 Å². The van der Waals surface area contributed by atoms with Gasteiger partial charge >= 0.3 is 11.5 Å². The van der Waals surface area contributed by atoms with Crippen LogP contribution in [-0.2, 0) is 0 Å². The molecule has 8 heterocycles. The molecule has 2 saturated heterocycles. The summed E-state index contributed by atoms with van der Waals surface area (Å²) >= 11 is 4.95. The minimum atomic E-state index is -0.814. The van der Waals surface area contributed by atoms with Crippen molar-refractivity contribution in [3.05, 3.63) is 122 Å². The lowest BCUT2D eigenvalue weighted by molar-refractivity contribution is 0.123. The molecule has 300 valence electrons. The molecule has 0 spiro atoms. The fraction of sp³-hybridized carbons (Fsp3) is 0.286. The van der Waals surface area contributed by atoms with E-state index in [1.54, 1.807) is 41.3 Å². The number of piperidine rings is 2. The Labute approximate surface area is 345 Å². The second-order valence-electron chi connectivity index (χ2n) is 14.4. The molecule has 10 rings (SSSR count). The van der Waals surface area contributed by atoms with Crippen molar-refractivity contribution in [1.29, 1.82) is 0 Å². The molecule has 0 unspecified atom stereocenters. The molecule has 4 atom stereocenters. The topological polar surface area (TPSA) is 160 Å². The summed E-state index contributed by atoms with van der Waals surface area (Å²) in [6.07, 6.45) is 13.1. The van der Waals surface area contributed by atoms with Crippen molar-refractivity contribution in [1.82, 2.24) is 48.9 Å². The Balaban J connectivity index is 0.000000147. The maximum atomic E-state index is 12.7. The zero-order valence-corrected chi connectivity index (χ0v) is 33.6. The van der Waals surface area contributed by atoms with E-state index in [9.17, 15) is 9.59 Å². The minimum Gasteiger partial charge on any atom is -0.415 e. The Morgan fingerprint density at radius 3 is 1.76 bits per heavy atom. The number of hydrogen-bond donors (Lipinski definition) is 3. The van der Waals surface area contributed by atoms with Crippen molar-refractivity contribution in [2.75, 3.05) is 26.2 Å². The molecular weight excluding hydrogens is 779 g/mol. The van der Waals surface area contributed by atoms with Crippen molar-refractivity contribution < 1.29 is 19.1 Å². The second-order valence-corrected chi connectivity index (χ2v) is 14.7. The van der Waals surface area contributed by atoms with E-state index in [2.05, 4.69) is 63.7 Å². The minimum absolute atomic E-state index is 0. The number of benzene rings is 2. The fourth-order valence-corrected chi connectivity index (χ4v) is 7.76. The average Bonchev–Trinajstić information content (AvgIpc) is 4.05. The molecule has 0 radical (unpaired) electrons. The van der Waals surface area contributed by atoms with Crippen LogP contribution in [0.25, 0.3) is 33.4 Å². The first-order chi connectivity index (χ1) is 27.8. The van der Waals surface area contributed by atoms with Gasteiger partial charge in [-0.3, -0.25) is 8.80 Å². The molecule has 3 N–H and O–H groups in total. The van der Waals surface area contributed by atoms with E-state index < -0.39 is 5.43 Å². The van der Waals surface area contributed by atoms with Gasteiger partial charge in [0.1, 0.15) is 23.1 Å². The number of likely N-dealkylation sites (tertiary alicyclic amines) is 1. The number of carbonyl (C=O) groups is 2. The molecule has 2 aliphatic rings. The van der Waals surface area contributed by atoms with Crippen molar-refractivity contribution in [3.63, 3.8) is 0 Å². The SMILES string of the molecule is C[C@@H]1CCN(C(=O)Oc2ccccc2)C[C@@H]1c1ncc2cnc3[nH]ccc3n12.C[C@@H]1CCNC[C@@H]1c1ncc2cnc3[nH]ccc3n12.Cl.O=C(Cl)Oc1ccccc1. The van der Waals surface area contributed by atoms with Gasteiger partial charge < -0.3 is 29.7 Å². The van der Waals surface area contributed by atoms with Crippen LogP contribution >= 0.6 is 24.0 Å². The lowest BCUT2D eigenvalue weighted by atomic mass is 9.86. The molecule has 6 aromatic heterocycles. The van der Waals surface area contributed by atoms with Gasteiger partial charge in [-0.25, -0.2) is 29.5 Å². The Morgan fingerprint density at radius 1 is 0.690 bits per heavy atom. The molecule has 2 fully saturated rings. The summed E-state index contributed by atoms with van der Waals surface area (Å²) in [5.41, 5.74) is 5.08. The first-order valence-electron chi connectivity index (χ1n) is 19.1. The molecular formula is C42H44Cl2N10O4. The van der Waals surface area contributed by atoms with Crippen LogP contribution in [0.1, 0.15) is 50.2 Å². The normalized spacial score (nSPS) is 19.1. The highest BCUT2D eigenvalue weighted by Gasteiger charge is 2.34. The third-order valence-electron chi connectivity index (χ3n) is 10.8. The Morgan fingerprint density at radius 2 is 1.21 bits per heavy atom. The summed E-state index contributed by atoms with van der Waals surface area (Å²) in [4.78, 5) is 49.2. The van der Waals surface area contributed by atoms with Gasteiger partial charge in [0.2, 0.25) is 0 Å².